The standard InChI is InChI=1S/C17H18N6O3S/c1-10-20-17(22-21-10)13-9-23(8-12(13)16(18)24)27(25,26)14-6-2-4-11-5-3-7-19-15(11)14/h2-7,12-13H,8-9H2,1H3,(H2,18,24)(H,20,21,22)/t12-,13-/m1/s1. The van der Waals surface area contributed by atoms with Crippen molar-refractivity contribution >= 4 is 26.8 Å². The van der Waals surface area contributed by atoms with E-state index in [1.165, 1.54) is 10.4 Å². The van der Waals surface area contributed by atoms with Gasteiger partial charge in [0.15, 0.2) is 5.82 Å². The molecular weight excluding hydrogens is 368 g/mol. The number of amides is 1. The van der Waals surface area contributed by atoms with Crippen LogP contribution >= 0.6 is 0 Å². The van der Waals surface area contributed by atoms with Gasteiger partial charge in [0.05, 0.1) is 11.4 Å². The molecule has 2 atom stereocenters. The summed E-state index contributed by atoms with van der Waals surface area (Å²) in [5.74, 6) is -0.780. The number of para-hydroxylation sites is 1. The van der Waals surface area contributed by atoms with Crippen LogP contribution < -0.4 is 5.73 Å². The van der Waals surface area contributed by atoms with Crippen LogP contribution in [0.15, 0.2) is 41.4 Å². The number of benzene rings is 1. The monoisotopic (exact) mass is 386 g/mol. The number of aryl methyl sites for hydroxylation is 1. The zero-order valence-electron chi connectivity index (χ0n) is 14.5. The van der Waals surface area contributed by atoms with E-state index in [1.54, 1.807) is 37.4 Å². The topological polar surface area (TPSA) is 135 Å². The number of hydrogen-bond donors (Lipinski definition) is 2. The maximum Gasteiger partial charge on any atom is 0.245 e. The van der Waals surface area contributed by atoms with E-state index in [-0.39, 0.29) is 18.0 Å². The molecule has 3 N–H and O–H groups in total. The van der Waals surface area contributed by atoms with E-state index in [2.05, 4.69) is 20.2 Å². The Morgan fingerprint density at radius 1 is 1.26 bits per heavy atom. The highest BCUT2D eigenvalue weighted by molar-refractivity contribution is 7.89. The van der Waals surface area contributed by atoms with Crippen molar-refractivity contribution in [2.45, 2.75) is 17.7 Å². The molecule has 0 bridgehead atoms. The molecule has 1 aromatic carbocycles. The average Bonchev–Trinajstić information content (AvgIpc) is 3.28. The van der Waals surface area contributed by atoms with E-state index in [9.17, 15) is 13.2 Å². The van der Waals surface area contributed by atoms with Gasteiger partial charge < -0.3 is 5.73 Å². The number of H-pyrrole nitrogens is 1. The van der Waals surface area contributed by atoms with E-state index in [1.807, 2.05) is 0 Å². The molecule has 0 spiro atoms. The number of aromatic amines is 1. The lowest BCUT2D eigenvalue weighted by Crippen LogP contribution is -2.32. The molecule has 1 fully saturated rings. The number of primary amides is 1. The van der Waals surface area contributed by atoms with Crippen molar-refractivity contribution in [1.82, 2.24) is 24.5 Å². The number of hydrogen-bond acceptors (Lipinski definition) is 6. The number of rotatable bonds is 4. The molecule has 27 heavy (non-hydrogen) atoms. The Morgan fingerprint density at radius 3 is 2.74 bits per heavy atom. The Bertz CT molecular complexity index is 1120. The summed E-state index contributed by atoms with van der Waals surface area (Å²) in [6.45, 7) is 1.80. The summed E-state index contributed by atoms with van der Waals surface area (Å²) in [7, 11) is -3.87. The summed E-state index contributed by atoms with van der Waals surface area (Å²) in [5.41, 5.74) is 5.92. The fraction of sp³-hybridized carbons (Fsp3) is 0.294. The largest absolute Gasteiger partial charge is 0.369 e. The van der Waals surface area contributed by atoms with Gasteiger partial charge in [-0.15, -0.1) is 0 Å². The maximum atomic E-state index is 13.3. The summed E-state index contributed by atoms with van der Waals surface area (Å²) in [6, 6.07) is 8.55. The fourth-order valence-corrected chi connectivity index (χ4v) is 5.12. The molecule has 4 rings (SSSR count). The predicted octanol–water partition coefficient (Wildman–Crippen LogP) is 0.551. The van der Waals surface area contributed by atoms with Crippen LogP contribution in [0.3, 0.4) is 0 Å². The Balaban J connectivity index is 1.75. The number of carbonyl (C=O) groups excluding carboxylic acids is 1. The molecule has 2 aromatic heterocycles. The minimum atomic E-state index is -3.87. The smallest absolute Gasteiger partial charge is 0.245 e. The first-order valence-electron chi connectivity index (χ1n) is 8.40. The molecule has 1 aliphatic rings. The predicted molar refractivity (Wildman–Crippen MR) is 97.0 cm³/mol. The average molecular weight is 386 g/mol. The molecule has 9 nitrogen and oxygen atoms in total. The molecule has 140 valence electrons. The number of sulfonamides is 1. The van der Waals surface area contributed by atoms with Gasteiger partial charge in [-0.3, -0.25) is 14.9 Å². The minimum Gasteiger partial charge on any atom is -0.369 e. The number of fused-ring (bicyclic) bond motifs is 1. The lowest BCUT2D eigenvalue weighted by Gasteiger charge is -2.17. The molecule has 1 aliphatic heterocycles. The molecule has 10 heteroatoms. The number of aromatic nitrogens is 4. The highest BCUT2D eigenvalue weighted by Gasteiger charge is 2.44. The van der Waals surface area contributed by atoms with Crippen molar-refractivity contribution in [2.75, 3.05) is 13.1 Å². The van der Waals surface area contributed by atoms with E-state index in [4.69, 9.17) is 5.73 Å². The number of nitrogens with zero attached hydrogens (tertiary/aromatic N) is 4. The van der Waals surface area contributed by atoms with Crippen LogP contribution in [0, 0.1) is 12.8 Å². The third-order valence-corrected chi connectivity index (χ3v) is 6.67. The summed E-state index contributed by atoms with van der Waals surface area (Å²) in [5, 5.41) is 7.54. The fourth-order valence-electron chi connectivity index (χ4n) is 3.46. The quantitative estimate of drug-likeness (QED) is 0.672. The highest BCUT2D eigenvalue weighted by atomic mass is 32.2. The van der Waals surface area contributed by atoms with Crippen LogP contribution in [0.25, 0.3) is 10.9 Å². The van der Waals surface area contributed by atoms with Crippen LogP contribution in [0.5, 0.6) is 0 Å². The zero-order chi connectivity index (χ0) is 19.2. The van der Waals surface area contributed by atoms with Crippen LogP contribution in [0.1, 0.15) is 17.6 Å². The summed E-state index contributed by atoms with van der Waals surface area (Å²) in [6.07, 6.45) is 1.55. The Kier molecular flexibility index (Phi) is 4.16. The Labute approximate surface area is 155 Å². The summed E-state index contributed by atoms with van der Waals surface area (Å²) in [4.78, 5) is 20.5. The summed E-state index contributed by atoms with van der Waals surface area (Å²) >= 11 is 0. The van der Waals surface area contributed by atoms with Crippen molar-refractivity contribution in [1.29, 1.82) is 0 Å². The second kappa shape index (κ2) is 6.39. The van der Waals surface area contributed by atoms with E-state index >= 15 is 0 Å². The second-order valence-electron chi connectivity index (χ2n) is 6.55. The van der Waals surface area contributed by atoms with Crippen LogP contribution in [0.4, 0.5) is 0 Å². The first-order valence-corrected chi connectivity index (χ1v) is 9.84. The molecule has 1 saturated heterocycles. The summed E-state index contributed by atoms with van der Waals surface area (Å²) < 4.78 is 27.8. The maximum absolute atomic E-state index is 13.3. The highest BCUT2D eigenvalue weighted by Crippen LogP contribution is 2.35. The van der Waals surface area contributed by atoms with E-state index in [0.29, 0.717) is 17.2 Å². The second-order valence-corrected chi connectivity index (χ2v) is 8.45. The van der Waals surface area contributed by atoms with Gasteiger partial charge in [0.1, 0.15) is 10.7 Å². The Morgan fingerprint density at radius 2 is 2.04 bits per heavy atom. The number of carbonyl (C=O) groups is 1. The number of nitrogens with two attached hydrogens (primary N) is 1. The third kappa shape index (κ3) is 2.96. The Hall–Kier alpha value is -2.85. The van der Waals surface area contributed by atoms with Gasteiger partial charge in [-0.2, -0.15) is 9.40 Å². The zero-order valence-corrected chi connectivity index (χ0v) is 15.3. The van der Waals surface area contributed by atoms with Crippen LogP contribution in [-0.4, -0.2) is 51.9 Å². The molecular formula is C17H18N6O3S. The van der Waals surface area contributed by atoms with E-state index in [0.717, 1.165) is 5.39 Å². The molecule has 3 heterocycles. The lowest BCUT2D eigenvalue weighted by molar-refractivity contribution is -0.121. The molecule has 1 amide bonds. The van der Waals surface area contributed by atoms with Crippen LogP contribution in [-0.2, 0) is 14.8 Å². The van der Waals surface area contributed by atoms with Crippen LogP contribution in [0.2, 0.25) is 0 Å². The van der Waals surface area contributed by atoms with Gasteiger partial charge in [-0.1, -0.05) is 18.2 Å². The molecule has 0 aliphatic carbocycles. The molecule has 0 radical (unpaired) electrons. The normalized spacial score (nSPS) is 20.9. The SMILES string of the molecule is Cc1nc([C@@H]2CN(S(=O)(=O)c3cccc4cccnc34)C[C@H]2C(N)=O)n[nH]1. The van der Waals surface area contributed by atoms with Gasteiger partial charge >= 0.3 is 0 Å². The van der Waals surface area contributed by atoms with Crippen molar-refractivity contribution < 1.29 is 13.2 Å². The third-order valence-electron chi connectivity index (χ3n) is 4.81. The molecule has 3 aromatic rings. The van der Waals surface area contributed by atoms with Crippen molar-refractivity contribution in [3.8, 4) is 0 Å². The van der Waals surface area contributed by atoms with Gasteiger partial charge in [0.25, 0.3) is 0 Å². The molecule has 0 saturated carbocycles. The van der Waals surface area contributed by atoms with Crippen molar-refractivity contribution in [2.24, 2.45) is 11.7 Å². The minimum absolute atomic E-state index is 0.0147. The van der Waals surface area contributed by atoms with Gasteiger partial charge in [0.2, 0.25) is 15.9 Å². The number of nitrogens with one attached hydrogen (secondary N) is 1. The van der Waals surface area contributed by atoms with Gasteiger partial charge in [-0.05, 0) is 19.1 Å². The van der Waals surface area contributed by atoms with Gasteiger partial charge in [-0.25, -0.2) is 13.4 Å². The first kappa shape index (κ1) is 17.6. The number of pyridine rings is 1. The first-order chi connectivity index (χ1) is 12.9. The van der Waals surface area contributed by atoms with Gasteiger partial charge in [0, 0.05) is 30.6 Å². The van der Waals surface area contributed by atoms with E-state index < -0.39 is 27.8 Å². The molecule has 0 unspecified atom stereocenters. The van der Waals surface area contributed by atoms with Crippen molar-refractivity contribution in [3.05, 3.63) is 48.2 Å². The van der Waals surface area contributed by atoms with Crippen molar-refractivity contribution in [3.63, 3.8) is 0 Å². The lowest BCUT2D eigenvalue weighted by atomic mass is 9.95.